The number of carbonyl (C=O) groups is 1. The quantitative estimate of drug-likeness (QED) is 0.526. The minimum Gasteiger partial charge on any atom is -0.495 e. The summed E-state index contributed by atoms with van der Waals surface area (Å²) in [5.74, 6) is 1.48. The number of ether oxygens (including phenoxy) is 1. The van der Waals surface area contributed by atoms with E-state index in [1.165, 1.54) is 6.42 Å². The van der Waals surface area contributed by atoms with E-state index < -0.39 is 0 Å². The number of aromatic nitrogens is 2. The van der Waals surface area contributed by atoms with E-state index in [9.17, 15) is 4.79 Å². The van der Waals surface area contributed by atoms with Crippen molar-refractivity contribution in [2.24, 2.45) is 0 Å². The van der Waals surface area contributed by atoms with Gasteiger partial charge in [0, 0.05) is 16.6 Å². The highest BCUT2D eigenvalue weighted by Crippen LogP contribution is 2.28. The fourth-order valence-electron chi connectivity index (χ4n) is 3.88. The molecule has 3 aromatic rings. The molecule has 162 valence electrons. The Morgan fingerprint density at radius 1 is 1.16 bits per heavy atom. The molecule has 1 heterocycles. The number of methoxy groups -OCH3 is 1. The van der Waals surface area contributed by atoms with E-state index in [4.69, 9.17) is 20.9 Å². The first-order valence-electron chi connectivity index (χ1n) is 10.4. The predicted octanol–water partition coefficient (Wildman–Crippen LogP) is 5.77. The summed E-state index contributed by atoms with van der Waals surface area (Å²) < 4.78 is 10.8. The van der Waals surface area contributed by atoms with Crippen LogP contribution in [0.25, 0.3) is 11.4 Å². The molecular formula is C23H25ClN4O3. The minimum absolute atomic E-state index is 0.120. The lowest BCUT2D eigenvalue weighted by atomic mass is 9.94. The normalized spacial score (nSPS) is 14.3. The van der Waals surface area contributed by atoms with Gasteiger partial charge in [-0.15, -0.1) is 0 Å². The number of urea groups is 1. The summed E-state index contributed by atoms with van der Waals surface area (Å²) in [5.41, 5.74) is 1.44. The molecule has 0 spiro atoms. The van der Waals surface area contributed by atoms with Crippen molar-refractivity contribution >= 4 is 23.3 Å². The summed E-state index contributed by atoms with van der Waals surface area (Å²) in [5, 5.41) is 7.70. The van der Waals surface area contributed by atoms with Gasteiger partial charge in [-0.2, -0.15) is 4.98 Å². The molecule has 0 atom stereocenters. The zero-order valence-electron chi connectivity index (χ0n) is 17.4. The topological polar surface area (TPSA) is 80.5 Å². The van der Waals surface area contributed by atoms with E-state index in [2.05, 4.69) is 15.5 Å². The number of rotatable bonds is 6. The van der Waals surface area contributed by atoms with E-state index in [0.717, 1.165) is 31.2 Å². The molecular weight excluding hydrogens is 416 g/mol. The molecule has 0 aliphatic heterocycles. The van der Waals surface area contributed by atoms with Crippen molar-refractivity contribution in [2.45, 2.75) is 44.7 Å². The number of carbonyl (C=O) groups excluding carboxylic acids is 1. The Hall–Kier alpha value is -3.06. The lowest BCUT2D eigenvalue weighted by Crippen LogP contribution is -2.43. The van der Waals surface area contributed by atoms with E-state index in [1.54, 1.807) is 24.1 Å². The van der Waals surface area contributed by atoms with Crippen LogP contribution in [0.3, 0.4) is 0 Å². The number of hydrogen-bond donors (Lipinski definition) is 1. The Labute approximate surface area is 186 Å². The Morgan fingerprint density at radius 3 is 2.65 bits per heavy atom. The molecule has 0 saturated heterocycles. The lowest BCUT2D eigenvalue weighted by Gasteiger charge is -2.33. The second-order valence-corrected chi connectivity index (χ2v) is 8.01. The lowest BCUT2D eigenvalue weighted by molar-refractivity contribution is 0.151. The molecule has 1 fully saturated rings. The van der Waals surface area contributed by atoms with Gasteiger partial charge >= 0.3 is 6.03 Å². The van der Waals surface area contributed by atoms with Gasteiger partial charge in [0.2, 0.25) is 11.7 Å². The highest BCUT2D eigenvalue weighted by atomic mass is 35.5. The maximum atomic E-state index is 13.3. The Balaban J connectivity index is 1.54. The number of amides is 2. The maximum absolute atomic E-state index is 13.3. The van der Waals surface area contributed by atoms with Gasteiger partial charge in [-0.05, 0) is 49.2 Å². The van der Waals surface area contributed by atoms with Crippen molar-refractivity contribution in [3.8, 4) is 17.1 Å². The summed E-state index contributed by atoms with van der Waals surface area (Å²) in [4.78, 5) is 19.6. The van der Waals surface area contributed by atoms with E-state index in [-0.39, 0.29) is 18.6 Å². The minimum atomic E-state index is -0.206. The van der Waals surface area contributed by atoms with Crippen LogP contribution in [0.5, 0.6) is 5.75 Å². The summed E-state index contributed by atoms with van der Waals surface area (Å²) in [7, 11) is 1.58. The number of nitrogens with one attached hydrogen (secondary N) is 1. The third-order valence-electron chi connectivity index (χ3n) is 5.50. The van der Waals surface area contributed by atoms with Crippen LogP contribution in [0.1, 0.15) is 38.0 Å². The van der Waals surface area contributed by atoms with Crippen LogP contribution < -0.4 is 10.1 Å². The van der Waals surface area contributed by atoms with Gasteiger partial charge in [-0.1, -0.05) is 48.2 Å². The van der Waals surface area contributed by atoms with Gasteiger partial charge in [0.25, 0.3) is 0 Å². The first kappa shape index (κ1) is 21.2. The SMILES string of the molecule is COc1ccccc1NC(=O)N(Cc1nc(-c2ccc(Cl)cc2)no1)C1CCCCC1. The number of halogens is 1. The number of para-hydroxylation sites is 2. The van der Waals surface area contributed by atoms with Crippen molar-refractivity contribution < 1.29 is 14.1 Å². The molecule has 2 amide bonds. The molecule has 1 saturated carbocycles. The number of hydrogen-bond acceptors (Lipinski definition) is 5. The Bertz CT molecular complexity index is 1020. The number of anilines is 1. The van der Waals surface area contributed by atoms with Crippen molar-refractivity contribution in [2.75, 3.05) is 12.4 Å². The fourth-order valence-corrected chi connectivity index (χ4v) is 4.00. The van der Waals surface area contributed by atoms with Crippen LogP contribution in [0.15, 0.2) is 53.1 Å². The van der Waals surface area contributed by atoms with Gasteiger partial charge < -0.3 is 19.5 Å². The molecule has 31 heavy (non-hydrogen) atoms. The van der Waals surface area contributed by atoms with Crippen molar-refractivity contribution in [1.29, 1.82) is 0 Å². The Morgan fingerprint density at radius 2 is 1.90 bits per heavy atom. The molecule has 2 aromatic carbocycles. The smallest absolute Gasteiger partial charge is 0.322 e. The average Bonchev–Trinajstić information content (AvgIpc) is 3.27. The second-order valence-electron chi connectivity index (χ2n) is 7.57. The van der Waals surface area contributed by atoms with E-state index >= 15 is 0 Å². The van der Waals surface area contributed by atoms with Crippen LogP contribution in [0, 0.1) is 0 Å². The number of benzene rings is 2. The van der Waals surface area contributed by atoms with Crippen molar-refractivity contribution in [3.05, 3.63) is 59.4 Å². The fraction of sp³-hybridized carbons (Fsp3) is 0.348. The van der Waals surface area contributed by atoms with Crippen LogP contribution in [0.2, 0.25) is 5.02 Å². The van der Waals surface area contributed by atoms with E-state index in [0.29, 0.717) is 28.2 Å². The Kier molecular flexibility index (Phi) is 6.72. The third kappa shape index (κ3) is 5.17. The summed E-state index contributed by atoms with van der Waals surface area (Å²) >= 11 is 5.96. The molecule has 0 radical (unpaired) electrons. The van der Waals surface area contributed by atoms with Crippen LogP contribution in [-0.2, 0) is 6.54 Å². The van der Waals surface area contributed by atoms with E-state index in [1.807, 2.05) is 36.4 Å². The second kappa shape index (κ2) is 9.83. The molecule has 7 nitrogen and oxygen atoms in total. The van der Waals surface area contributed by atoms with Crippen molar-refractivity contribution in [1.82, 2.24) is 15.0 Å². The van der Waals surface area contributed by atoms with Gasteiger partial charge in [0.05, 0.1) is 12.8 Å². The monoisotopic (exact) mass is 440 g/mol. The first-order chi connectivity index (χ1) is 15.1. The highest BCUT2D eigenvalue weighted by molar-refractivity contribution is 6.30. The van der Waals surface area contributed by atoms with Crippen LogP contribution in [-0.4, -0.2) is 34.2 Å². The van der Waals surface area contributed by atoms with Crippen LogP contribution >= 0.6 is 11.6 Å². The van der Waals surface area contributed by atoms with Crippen molar-refractivity contribution in [3.63, 3.8) is 0 Å². The first-order valence-corrected chi connectivity index (χ1v) is 10.8. The molecule has 8 heteroatoms. The predicted molar refractivity (Wildman–Crippen MR) is 119 cm³/mol. The maximum Gasteiger partial charge on any atom is 0.322 e. The van der Waals surface area contributed by atoms with Gasteiger partial charge in [-0.25, -0.2) is 4.79 Å². The van der Waals surface area contributed by atoms with Crippen LogP contribution in [0.4, 0.5) is 10.5 Å². The third-order valence-corrected chi connectivity index (χ3v) is 5.75. The van der Waals surface area contributed by atoms with Gasteiger partial charge in [0.15, 0.2) is 0 Å². The van der Waals surface area contributed by atoms with Gasteiger partial charge in [-0.3, -0.25) is 0 Å². The zero-order chi connectivity index (χ0) is 21.6. The molecule has 1 N–H and O–H groups in total. The molecule has 0 bridgehead atoms. The summed E-state index contributed by atoms with van der Waals surface area (Å²) in [6.45, 7) is 0.242. The molecule has 1 aliphatic carbocycles. The highest BCUT2D eigenvalue weighted by Gasteiger charge is 2.28. The average molecular weight is 441 g/mol. The summed E-state index contributed by atoms with van der Waals surface area (Å²) in [6.07, 6.45) is 5.31. The largest absolute Gasteiger partial charge is 0.495 e. The number of nitrogens with zero attached hydrogens (tertiary/aromatic N) is 3. The molecule has 4 rings (SSSR count). The molecule has 0 unspecified atom stereocenters. The summed E-state index contributed by atoms with van der Waals surface area (Å²) in [6, 6.07) is 14.5. The molecule has 1 aromatic heterocycles. The standard InChI is InChI=1S/C23H25ClN4O3/c1-30-20-10-6-5-9-19(20)25-23(29)28(18-7-3-2-4-8-18)15-21-26-22(27-31-21)16-11-13-17(24)14-12-16/h5-6,9-14,18H,2-4,7-8,15H2,1H3,(H,25,29). The zero-order valence-corrected chi connectivity index (χ0v) is 18.1. The molecule has 1 aliphatic rings. The van der Waals surface area contributed by atoms with Gasteiger partial charge in [0.1, 0.15) is 12.3 Å².